The summed E-state index contributed by atoms with van der Waals surface area (Å²) in [6, 6.07) is 3.20. The van der Waals surface area contributed by atoms with Gasteiger partial charge in [0.05, 0.1) is 0 Å². The van der Waals surface area contributed by atoms with Gasteiger partial charge in [-0.2, -0.15) is 0 Å². The third-order valence-electron chi connectivity index (χ3n) is 5.98. The van der Waals surface area contributed by atoms with Crippen molar-refractivity contribution in [2.75, 3.05) is 0 Å². The molecule has 1 aromatic rings. The van der Waals surface area contributed by atoms with Gasteiger partial charge in [-0.05, 0) is 49.3 Å². The molecule has 3 N–H and O–H groups in total. The smallest absolute Gasteiger partial charge is 0.321 e. The largest absolute Gasteiger partial charge is 0.480 e. The Morgan fingerprint density at radius 1 is 0.861 bits per heavy atom. The first-order chi connectivity index (χ1) is 16.7. The van der Waals surface area contributed by atoms with Crippen LogP contribution in [0.25, 0.3) is 0 Å². The summed E-state index contributed by atoms with van der Waals surface area (Å²) in [5.74, 6) is -3.32. The van der Waals surface area contributed by atoms with Crippen LogP contribution in [0.5, 0.6) is 11.5 Å². The monoisotopic (exact) mass is 507 g/mol. The van der Waals surface area contributed by atoms with E-state index in [1.54, 1.807) is 19.9 Å². The zero-order valence-corrected chi connectivity index (χ0v) is 22.4. The second-order valence-corrected chi connectivity index (χ2v) is 10.1. The van der Waals surface area contributed by atoms with Gasteiger partial charge in [0.2, 0.25) is 0 Å². The molecular formula is C27H41NO8. The van der Waals surface area contributed by atoms with Crippen LogP contribution in [0.3, 0.4) is 0 Å². The van der Waals surface area contributed by atoms with Crippen molar-refractivity contribution in [3.05, 3.63) is 23.8 Å². The van der Waals surface area contributed by atoms with E-state index in [0.29, 0.717) is 30.2 Å². The molecule has 0 aliphatic heterocycles. The molecule has 0 heterocycles. The Kier molecular flexibility index (Phi) is 12.6. The van der Waals surface area contributed by atoms with Gasteiger partial charge in [0.25, 0.3) is 0 Å². The molecule has 3 unspecified atom stereocenters. The number of carboxylic acids is 1. The number of aliphatic carboxylic acids is 1. The van der Waals surface area contributed by atoms with E-state index < -0.39 is 47.9 Å². The Hall–Kier alpha value is -2.94. The number of ether oxygens (including phenoxy) is 3. The second-order valence-electron chi connectivity index (χ2n) is 10.1. The number of carbonyl (C=O) groups is 4. The molecule has 202 valence electrons. The lowest BCUT2D eigenvalue weighted by Gasteiger charge is -2.31. The molecule has 9 nitrogen and oxygen atoms in total. The third kappa shape index (κ3) is 10.4. The number of nitrogens with two attached hydrogens (primary N) is 1. The first-order valence-electron chi connectivity index (χ1n) is 12.4. The molecular weight excluding hydrogens is 466 g/mol. The topological polar surface area (TPSA) is 142 Å². The van der Waals surface area contributed by atoms with Crippen molar-refractivity contribution in [1.29, 1.82) is 0 Å². The van der Waals surface area contributed by atoms with Crippen LogP contribution in [0.1, 0.15) is 85.6 Å². The summed E-state index contributed by atoms with van der Waals surface area (Å²) in [5, 5.41) is 9.65. The predicted octanol–water partition coefficient (Wildman–Crippen LogP) is 4.45. The molecule has 0 aromatic heterocycles. The summed E-state index contributed by atoms with van der Waals surface area (Å²) in [6.45, 7) is 12.6. The Bertz CT molecular complexity index is 911. The van der Waals surface area contributed by atoms with E-state index in [9.17, 15) is 24.3 Å². The zero-order valence-electron chi connectivity index (χ0n) is 22.4. The van der Waals surface area contributed by atoms with E-state index in [1.165, 1.54) is 19.1 Å². The van der Waals surface area contributed by atoms with Crippen molar-refractivity contribution >= 4 is 23.9 Å². The van der Waals surface area contributed by atoms with Crippen molar-refractivity contribution in [3.63, 3.8) is 0 Å². The van der Waals surface area contributed by atoms with E-state index in [1.807, 2.05) is 27.7 Å². The lowest BCUT2D eigenvalue weighted by molar-refractivity contribution is -0.148. The maximum atomic E-state index is 12.5. The van der Waals surface area contributed by atoms with Gasteiger partial charge in [-0.15, -0.1) is 0 Å². The molecule has 0 saturated carbocycles. The minimum absolute atomic E-state index is 0.00841. The highest BCUT2D eigenvalue weighted by Gasteiger charge is 2.35. The van der Waals surface area contributed by atoms with E-state index in [4.69, 9.17) is 19.9 Å². The second kappa shape index (κ2) is 14.6. The first kappa shape index (κ1) is 31.1. The number of carbonyl (C=O) groups excluding carboxylic acids is 3. The molecule has 1 aromatic carbocycles. The van der Waals surface area contributed by atoms with Crippen molar-refractivity contribution in [3.8, 4) is 11.5 Å². The molecule has 0 spiro atoms. The summed E-state index contributed by atoms with van der Waals surface area (Å²) >= 11 is 0. The molecule has 4 atom stereocenters. The van der Waals surface area contributed by atoms with Gasteiger partial charge in [0, 0.05) is 31.6 Å². The van der Waals surface area contributed by atoms with Gasteiger partial charge in [0.15, 0.2) is 11.5 Å². The van der Waals surface area contributed by atoms with Crippen molar-refractivity contribution < 1.29 is 38.5 Å². The van der Waals surface area contributed by atoms with E-state index in [0.717, 1.165) is 0 Å². The summed E-state index contributed by atoms with van der Waals surface area (Å²) in [4.78, 5) is 48.2. The normalized spacial score (nSPS) is 14.6. The van der Waals surface area contributed by atoms with Gasteiger partial charge in [-0.3, -0.25) is 19.2 Å². The number of rotatable bonds is 14. The summed E-state index contributed by atoms with van der Waals surface area (Å²) in [7, 11) is 0. The summed E-state index contributed by atoms with van der Waals surface area (Å²) in [6.07, 6.45) is 0.987. The highest BCUT2D eigenvalue weighted by molar-refractivity contribution is 5.77. The average molecular weight is 508 g/mol. The molecule has 0 bridgehead atoms. The van der Waals surface area contributed by atoms with Crippen LogP contribution in [0.4, 0.5) is 0 Å². The predicted molar refractivity (Wildman–Crippen MR) is 135 cm³/mol. The van der Waals surface area contributed by atoms with Gasteiger partial charge in [-0.1, -0.05) is 40.7 Å². The standard InChI is InChI=1S/C27H41NO8/c1-15(2)8-12-23(30)35-21-11-10-20(14-22(21)36-24(31)13-9-16(3)4)25(26(28)27(32)33)17(5)18(6)34-19(7)29/h10-11,14-18,25-26H,8-9,12-13,28H2,1-7H3,(H,32,33)/t17?,18?,25?,26-/m0/s1. The number of benzene rings is 1. The van der Waals surface area contributed by atoms with Crippen LogP contribution >= 0.6 is 0 Å². The summed E-state index contributed by atoms with van der Waals surface area (Å²) in [5.41, 5.74) is 6.50. The van der Waals surface area contributed by atoms with E-state index in [2.05, 4.69) is 0 Å². The van der Waals surface area contributed by atoms with Gasteiger partial charge >= 0.3 is 23.9 Å². The zero-order chi connectivity index (χ0) is 27.6. The van der Waals surface area contributed by atoms with Crippen LogP contribution in [-0.4, -0.2) is 41.1 Å². The molecule has 0 saturated heterocycles. The quantitative estimate of drug-likeness (QED) is 0.276. The molecule has 0 fully saturated rings. The van der Waals surface area contributed by atoms with Gasteiger partial charge in [0.1, 0.15) is 12.1 Å². The molecule has 9 heteroatoms. The molecule has 1 rings (SSSR count). The van der Waals surface area contributed by atoms with Crippen LogP contribution < -0.4 is 15.2 Å². The average Bonchev–Trinajstić information content (AvgIpc) is 2.77. The fourth-order valence-electron chi connectivity index (χ4n) is 3.71. The number of hydrogen-bond donors (Lipinski definition) is 2. The molecule has 0 amide bonds. The van der Waals surface area contributed by atoms with Crippen LogP contribution in [0, 0.1) is 17.8 Å². The van der Waals surface area contributed by atoms with Gasteiger partial charge in [-0.25, -0.2) is 0 Å². The molecule has 36 heavy (non-hydrogen) atoms. The van der Waals surface area contributed by atoms with Crippen molar-refractivity contribution in [2.24, 2.45) is 23.5 Å². The lowest BCUT2D eigenvalue weighted by atomic mass is 9.79. The minimum Gasteiger partial charge on any atom is -0.480 e. The van der Waals surface area contributed by atoms with Crippen LogP contribution in [-0.2, 0) is 23.9 Å². The van der Waals surface area contributed by atoms with E-state index in [-0.39, 0.29) is 24.3 Å². The lowest BCUT2D eigenvalue weighted by Crippen LogP contribution is -2.42. The van der Waals surface area contributed by atoms with Crippen LogP contribution in [0.2, 0.25) is 0 Å². The van der Waals surface area contributed by atoms with Crippen molar-refractivity contribution in [2.45, 2.75) is 92.2 Å². The fourth-order valence-corrected chi connectivity index (χ4v) is 3.71. The summed E-state index contributed by atoms with van der Waals surface area (Å²) < 4.78 is 16.3. The molecule has 0 aliphatic rings. The molecule has 0 aliphatic carbocycles. The first-order valence-corrected chi connectivity index (χ1v) is 12.4. The Morgan fingerprint density at radius 2 is 1.36 bits per heavy atom. The maximum Gasteiger partial charge on any atom is 0.321 e. The minimum atomic E-state index is -1.33. The highest BCUT2D eigenvalue weighted by Crippen LogP contribution is 2.37. The van der Waals surface area contributed by atoms with E-state index >= 15 is 0 Å². The number of hydrogen-bond acceptors (Lipinski definition) is 8. The Labute approximate surface area is 213 Å². The maximum absolute atomic E-state index is 12.5. The Morgan fingerprint density at radius 3 is 1.81 bits per heavy atom. The Balaban J connectivity index is 3.41. The van der Waals surface area contributed by atoms with Crippen molar-refractivity contribution in [1.82, 2.24) is 0 Å². The van der Waals surface area contributed by atoms with Gasteiger partial charge < -0.3 is 25.1 Å². The third-order valence-corrected chi connectivity index (χ3v) is 5.98. The number of esters is 3. The van der Waals surface area contributed by atoms with Crippen LogP contribution in [0.15, 0.2) is 18.2 Å². The SMILES string of the molecule is CC(=O)OC(C)C(C)C(c1ccc(OC(=O)CCC(C)C)c(OC(=O)CCC(C)C)c1)[C@H](N)C(=O)O. The highest BCUT2D eigenvalue weighted by atomic mass is 16.6. The fraction of sp³-hybridized carbons (Fsp3) is 0.630. The molecule has 0 radical (unpaired) electrons. The number of carboxylic acid groups (broad SMARTS) is 1.